The number of hydrogen-bond donors (Lipinski definition) is 1. The van der Waals surface area contributed by atoms with E-state index in [1.165, 1.54) is 25.7 Å². The number of nitrogens with one attached hydrogen (secondary N) is 1. The summed E-state index contributed by atoms with van der Waals surface area (Å²) in [5.74, 6) is 5.97. The summed E-state index contributed by atoms with van der Waals surface area (Å²) in [5, 5.41) is 2.95. The Balaban J connectivity index is 3.19. The van der Waals surface area contributed by atoms with Crippen LogP contribution in [-0.4, -0.2) is 12.5 Å². The Morgan fingerprint density at radius 3 is 2.56 bits per heavy atom. The van der Waals surface area contributed by atoms with Crippen LogP contribution in [0, 0.1) is 11.8 Å². The SMILES string of the molecule is CC#CCCCC(=O)NCCCCCCC. The van der Waals surface area contributed by atoms with E-state index < -0.39 is 0 Å². The van der Waals surface area contributed by atoms with Gasteiger partial charge in [0, 0.05) is 19.4 Å². The summed E-state index contributed by atoms with van der Waals surface area (Å²) in [4.78, 5) is 11.3. The minimum atomic E-state index is 0.174. The van der Waals surface area contributed by atoms with E-state index in [0.29, 0.717) is 6.42 Å². The maximum atomic E-state index is 11.3. The van der Waals surface area contributed by atoms with Crippen LogP contribution < -0.4 is 5.32 Å². The second-order valence-electron chi connectivity index (χ2n) is 4.04. The Labute approximate surface area is 100 Å². The molecule has 1 N–H and O–H groups in total. The van der Waals surface area contributed by atoms with Crippen molar-refractivity contribution in [3.63, 3.8) is 0 Å². The van der Waals surface area contributed by atoms with Gasteiger partial charge in [0.05, 0.1) is 0 Å². The van der Waals surface area contributed by atoms with Crippen LogP contribution in [-0.2, 0) is 4.79 Å². The first-order valence-electron chi connectivity index (χ1n) is 6.47. The third-order valence-electron chi connectivity index (χ3n) is 2.48. The fourth-order valence-corrected chi connectivity index (χ4v) is 1.51. The quantitative estimate of drug-likeness (QED) is 0.472. The van der Waals surface area contributed by atoms with E-state index in [4.69, 9.17) is 0 Å². The lowest BCUT2D eigenvalue weighted by molar-refractivity contribution is -0.121. The summed E-state index contributed by atoms with van der Waals surface area (Å²) in [7, 11) is 0. The maximum Gasteiger partial charge on any atom is 0.220 e. The molecule has 0 aliphatic heterocycles. The van der Waals surface area contributed by atoms with E-state index in [0.717, 1.165) is 25.8 Å². The Morgan fingerprint density at radius 1 is 1.12 bits per heavy atom. The molecule has 0 aliphatic rings. The van der Waals surface area contributed by atoms with Crippen LogP contribution in [0.5, 0.6) is 0 Å². The minimum Gasteiger partial charge on any atom is -0.356 e. The molecule has 0 saturated carbocycles. The smallest absolute Gasteiger partial charge is 0.220 e. The van der Waals surface area contributed by atoms with Crippen molar-refractivity contribution in [3.05, 3.63) is 0 Å². The van der Waals surface area contributed by atoms with Crippen molar-refractivity contribution in [1.82, 2.24) is 5.32 Å². The van der Waals surface area contributed by atoms with Crippen molar-refractivity contribution >= 4 is 5.91 Å². The van der Waals surface area contributed by atoms with Gasteiger partial charge < -0.3 is 5.32 Å². The Morgan fingerprint density at radius 2 is 1.88 bits per heavy atom. The predicted octanol–water partition coefficient (Wildman–Crippen LogP) is 3.27. The van der Waals surface area contributed by atoms with Gasteiger partial charge in [-0.2, -0.15) is 0 Å². The molecule has 0 fully saturated rings. The summed E-state index contributed by atoms with van der Waals surface area (Å²) in [6.07, 6.45) is 8.54. The van der Waals surface area contributed by atoms with E-state index in [9.17, 15) is 4.79 Å². The second-order valence-corrected chi connectivity index (χ2v) is 4.04. The molecule has 0 aromatic carbocycles. The zero-order valence-electron chi connectivity index (χ0n) is 10.8. The molecule has 0 radical (unpaired) electrons. The Kier molecular flexibility index (Phi) is 11.4. The maximum absolute atomic E-state index is 11.3. The summed E-state index contributed by atoms with van der Waals surface area (Å²) >= 11 is 0. The van der Waals surface area contributed by atoms with Crippen LogP contribution in [0.3, 0.4) is 0 Å². The van der Waals surface area contributed by atoms with E-state index in [1.54, 1.807) is 0 Å². The molecule has 0 unspecified atom stereocenters. The molecule has 0 aromatic rings. The first kappa shape index (κ1) is 15.0. The molecule has 2 heteroatoms. The number of rotatable bonds is 9. The topological polar surface area (TPSA) is 29.1 Å². The number of carbonyl (C=O) groups excluding carboxylic acids is 1. The van der Waals surface area contributed by atoms with Crippen molar-refractivity contribution in [2.24, 2.45) is 0 Å². The molecule has 0 aliphatic carbocycles. The molecular formula is C14H25NO. The minimum absolute atomic E-state index is 0.174. The van der Waals surface area contributed by atoms with Crippen LogP contribution in [0.2, 0.25) is 0 Å². The molecule has 0 rings (SSSR count). The van der Waals surface area contributed by atoms with Crippen molar-refractivity contribution < 1.29 is 4.79 Å². The fraction of sp³-hybridized carbons (Fsp3) is 0.786. The predicted molar refractivity (Wildman–Crippen MR) is 69.1 cm³/mol. The summed E-state index contributed by atoms with van der Waals surface area (Å²) in [5.41, 5.74) is 0. The van der Waals surface area contributed by atoms with Gasteiger partial charge in [0.25, 0.3) is 0 Å². The molecule has 0 aromatic heterocycles. The van der Waals surface area contributed by atoms with Crippen LogP contribution in [0.25, 0.3) is 0 Å². The van der Waals surface area contributed by atoms with Crippen LogP contribution >= 0.6 is 0 Å². The first-order chi connectivity index (χ1) is 7.81. The average Bonchev–Trinajstić information content (AvgIpc) is 2.29. The van der Waals surface area contributed by atoms with Crippen molar-refractivity contribution in [1.29, 1.82) is 0 Å². The monoisotopic (exact) mass is 223 g/mol. The molecule has 16 heavy (non-hydrogen) atoms. The Bertz CT molecular complexity index is 225. The number of hydrogen-bond acceptors (Lipinski definition) is 1. The van der Waals surface area contributed by atoms with E-state index in [1.807, 2.05) is 6.92 Å². The van der Waals surface area contributed by atoms with Crippen LogP contribution in [0.1, 0.15) is 65.2 Å². The molecule has 2 nitrogen and oxygen atoms in total. The molecule has 92 valence electrons. The highest BCUT2D eigenvalue weighted by atomic mass is 16.1. The zero-order valence-corrected chi connectivity index (χ0v) is 10.8. The third-order valence-corrected chi connectivity index (χ3v) is 2.48. The number of amides is 1. The van der Waals surface area contributed by atoms with Crippen molar-refractivity contribution in [2.75, 3.05) is 6.54 Å². The van der Waals surface area contributed by atoms with Gasteiger partial charge in [-0.3, -0.25) is 4.79 Å². The highest BCUT2D eigenvalue weighted by Crippen LogP contribution is 2.01. The van der Waals surface area contributed by atoms with Crippen molar-refractivity contribution in [3.8, 4) is 11.8 Å². The molecule has 0 saturated heterocycles. The fourth-order valence-electron chi connectivity index (χ4n) is 1.51. The van der Waals surface area contributed by atoms with Gasteiger partial charge >= 0.3 is 0 Å². The summed E-state index contributed by atoms with van der Waals surface area (Å²) in [6, 6.07) is 0. The van der Waals surface area contributed by atoms with Crippen LogP contribution in [0.4, 0.5) is 0 Å². The number of carbonyl (C=O) groups is 1. The van der Waals surface area contributed by atoms with Gasteiger partial charge in [-0.05, 0) is 19.8 Å². The second kappa shape index (κ2) is 12.1. The molecule has 0 atom stereocenters. The standard InChI is InChI=1S/C14H25NO/c1-3-5-7-9-11-13-15-14(16)12-10-8-6-4-2/h3,5,7-13H2,1-2H3,(H,15,16). The summed E-state index contributed by atoms with van der Waals surface area (Å²) in [6.45, 7) is 4.87. The van der Waals surface area contributed by atoms with Gasteiger partial charge in [0.2, 0.25) is 5.91 Å². The van der Waals surface area contributed by atoms with Gasteiger partial charge in [-0.25, -0.2) is 0 Å². The average molecular weight is 223 g/mol. The number of unbranched alkanes of at least 4 members (excludes halogenated alkanes) is 5. The highest BCUT2D eigenvalue weighted by molar-refractivity contribution is 5.75. The molecule has 0 heterocycles. The van der Waals surface area contributed by atoms with Gasteiger partial charge in [-0.1, -0.05) is 32.6 Å². The first-order valence-corrected chi connectivity index (χ1v) is 6.47. The molecule has 0 bridgehead atoms. The Hall–Kier alpha value is -0.970. The lowest BCUT2D eigenvalue weighted by atomic mass is 10.1. The zero-order chi connectivity index (χ0) is 12.1. The van der Waals surface area contributed by atoms with E-state index >= 15 is 0 Å². The van der Waals surface area contributed by atoms with E-state index in [2.05, 4.69) is 24.1 Å². The molecule has 1 amide bonds. The van der Waals surface area contributed by atoms with E-state index in [-0.39, 0.29) is 5.91 Å². The normalized spacial score (nSPS) is 9.38. The van der Waals surface area contributed by atoms with Gasteiger partial charge in [-0.15, -0.1) is 11.8 Å². The van der Waals surface area contributed by atoms with Gasteiger partial charge in [0.15, 0.2) is 0 Å². The lowest BCUT2D eigenvalue weighted by Gasteiger charge is -2.04. The lowest BCUT2D eigenvalue weighted by Crippen LogP contribution is -2.23. The van der Waals surface area contributed by atoms with Gasteiger partial charge in [0.1, 0.15) is 0 Å². The van der Waals surface area contributed by atoms with Crippen LogP contribution in [0.15, 0.2) is 0 Å². The highest BCUT2D eigenvalue weighted by Gasteiger charge is 1.98. The summed E-state index contributed by atoms with van der Waals surface area (Å²) < 4.78 is 0. The van der Waals surface area contributed by atoms with Crippen molar-refractivity contribution in [2.45, 2.75) is 65.2 Å². The largest absolute Gasteiger partial charge is 0.356 e. The third kappa shape index (κ3) is 11.1. The molecular weight excluding hydrogens is 198 g/mol. The molecule has 0 spiro atoms.